The average Bonchev–Trinajstić information content (AvgIpc) is 3.02. The quantitative estimate of drug-likeness (QED) is 0.778. The molecule has 2 N–H and O–H groups in total. The third kappa shape index (κ3) is 4.36. The first-order valence-corrected chi connectivity index (χ1v) is 10.8. The molecule has 0 radical (unpaired) electrons. The summed E-state index contributed by atoms with van der Waals surface area (Å²) in [5.74, 6) is 0.174. The molecule has 1 fully saturated rings. The molecular weight excluding hydrogens is 366 g/mol. The van der Waals surface area contributed by atoms with Gasteiger partial charge in [0.1, 0.15) is 0 Å². The summed E-state index contributed by atoms with van der Waals surface area (Å²) in [5, 5.41) is 0. The molecule has 0 unspecified atom stereocenters. The van der Waals surface area contributed by atoms with Crippen molar-refractivity contribution in [2.45, 2.75) is 70.4 Å². The lowest BCUT2D eigenvalue weighted by molar-refractivity contribution is -0.139. The standard InChI is InChI=1S/C23H29N3O3/c27-21-18(14-24-23(29)25-21)15-26(22(28)17-9-3-1-2-4-10-17)20-13-7-11-16-8-5-6-12-19(16)20/h5-6,8,12,14,17,20H,1-4,7,9-11,13,15H2,(H2,24,25,27,29)/t20-/m1/s1. The summed E-state index contributed by atoms with van der Waals surface area (Å²) in [6.45, 7) is 0.223. The molecule has 0 aliphatic heterocycles. The predicted octanol–water partition coefficient (Wildman–Crippen LogP) is 3.44. The van der Waals surface area contributed by atoms with Crippen molar-refractivity contribution < 1.29 is 4.79 Å². The lowest BCUT2D eigenvalue weighted by Gasteiger charge is -2.37. The fraction of sp³-hybridized carbons (Fsp3) is 0.522. The van der Waals surface area contributed by atoms with Crippen LogP contribution in [-0.2, 0) is 17.8 Å². The van der Waals surface area contributed by atoms with E-state index in [0.29, 0.717) is 5.56 Å². The fourth-order valence-corrected chi connectivity index (χ4v) is 4.89. The van der Waals surface area contributed by atoms with Gasteiger partial charge in [-0.25, -0.2) is 4.79 Å². The van der Waals surface area contributed by atoms with Gasteiger partial charge in [0.25, 0.3) is 5.56 Å². The Hall–Kier alpha value is -2.63. The predicted molar refractivity (Wildman–Crippen MR) is 112 cm³/mol. The summed E-state index contributed by atoms with van der Waals surface area (Å²) in [6, 6.07) is 8.30. The Morgan fingerprint density at radius 2 is 1.76 bits per heavy atom. The number of carbonyl (C=O) groups excluding carboxylic acids is 1. The molecule has 2 aromatic rings. The molecular formula is C23H29N3O3. The third-order valence-corrected chi connectivity index (χ3v) is 6.44. The van der Waals surface area contributed by atoms with Gasteiger partial charge in [-0.05, 0) is 43.2 Å². The second kappa shape index (κ2) is 8.80. The van der Waals surface area contributed by atoms with Crippen LogP contribution in [0.4, 0.5) is 0 Å². The number of aryl methyl sites for hydroxylation is 1. The molecule has 154 valence electrons. The van der Waals surface area contributed by atoms with Crippen LogP contribution >= 0.6 is 0 Å². The number of nitrogens with one attached hydrogen (secondary N) is 2. The van der Waals surface area contributed by atoms with E-state index >= 15 is 0 Å². The van der Waals surface area contributed by atoms with E-state index in [1.54, 1.807) is 0 Å². The molecule has 1 saturated carbocycles. The highest BCUT2D eigenvalue weighted by Gasteiger charge is 2.33. The van der Waals surface area contributed by atoms with Crippen molar-refractivity contribution in [3.63, 3.8) is 0 Å². The van der Waals surface area contributed by atoms with Gasteiger partial charge in [-0.2, -0.15) is 0 Å². The van der Waals surface area contributed by atoms with Crippen LogP contribution in [0.3, 0.4) is 0 Å². The van der Waals surface area contributed by atoms with Gasteiger partial charge in [0.05, 0.1) is 18.2 Å². The maximum atomic E-state index is 13.7. The summed E-state index contributed by atoms with van der Waals surface area (Å²) >= 11 is 0. The van der Waals surface area contributed by atoms with Crippen LogP contribution in [0.25, 0.3) is 0 Å². The van der Waals surface area contributed by atoms with E-state index in [-0.39, 0.29) is 24.4 Å². The van der Waals surface area contributed by atoms with E-state index < -0.39 is 11.2 Å². The highest BCUT2D eigenvalue weighted by Crippen LogP contribution is 2.37. The molecule has 1 aromatic carbocycles. The van der Waals surface area contributed by atoms with Crippen LogP contribution in [0.5, 0.6) is 0 Å². The topological polar surface area (TPSA) is 86.0 Å². The van der Waals surface area contributed by atoms with Gasteiger partial charge < -0.3 is 9.88 Å². The van der Waals surface area contributed by atoms with Crippen molar-refractivity contribution in [2.24, 2.45) is 5.92 Å². The molecule has 6 heteroatoms. The van der Waals surface area contributed by atoms with Gasteiger partial charge in [0.15, 0.2) is 0 Å². The minimum atomic E-state index is -0.525. The molecule has 0 spiro atoms. The van der Waals surface area contributed by atoms with Gasteiger partial charge in [0.2, 0.25) is 5.91 Å². The number of hydrogen-bond acceptors (Lipinski definition) is 3. The smallest absolute Gasteiger partial charge is 0.325 e. The highest BCUT2D eigenvalue weighted by molar-refractivity contribution is 5.79. The summed E-state index contributed by atoms with van der Waals surface area (Å²) < 4.78 is 0. The van der Waals surface area contributed by atoms with Crippen LogP contribution in [0.1, 0.15) is 74.1 Å². The van der Waals surface area contributed by atoms with Crippen molar-refractivity contribution in [1.82, 2.24) is 14.9 Å². The third-order valence-electron chi connectivity index (χ3n) is 6.44. The second-order valence-electron chi connectivity index (χ2n) is 8.36. The maximum absolute atomic E-state index is 13.7. The van der Waals surface area contributed by atoms with Crippen LogP contribution in [-0.4, -0.2) is 20.8 Å². The molecule has 29 heavy (non-hydrogen) atoms. The Labute approximate surface area is 170 Å². The molecule has 2 aliphatic rings. The molecule has 0 saturated heterocycles. The number of fused-ring (bicyclic) bond motifs is 1. The highest BCUT2D eigenvalue weighted by atomic mass is 16.2. The average molecular weight is 396 g/mol. The number of nitrogens with zero attached hydrogens (tertiary/aromatic N) is 1. The Morgan fingerprint density at radius 1 is 1.00 bits per heavy atom. The fourth-order valence-electron chi connectivity index (χ4n) is 4.89. The second-order valence-corrected chi connectivity index (χ2v) is 8.36. The first kappa shape index (κ1) is 19.7. The van der Waals surface area contributed by atoms with Crippen LogP contribution < -0.4 is 11.2 Å². The van der Waals surface area contributed by atoms with E-state index in [9.17, 15) is 14.4 Å². The first-order valence-electron chi connectivity index (χ1n) is 10.8. The zero-order chi connectivity index (χ0) is 20.2. The van der Waals surface area contributed by atoms with Crippen molar-refractivity contribution in [3.8, 4) is 0 Å². The first-order chi connectivity index (χ1) is 14.1. The minimum absolute atomic E-state index is 0.0217. The number of hydrogen-bond donors (Lipinski definition) is 2. The molecule has 2 aliphatic carbocycles. The molecule has 1 atom stereocenters. The van der Waals surface area contributed by atoms with Crippen molar-refractivity contribution in [1.29, 1.82) is 0 Å². The molecule has 1 amide bonds. The summed E-state index contributed by atoms with van der Waals surface area (Å²) in [6.07, 6.45) is 10.8. The lowest BCUT2D eigenvalue weighted by Crippen LogP contribution is -2.41. The largest absolute Gasteiger partial charge is 0.331 e. The van der Waals surface area contributed by atoms with Crippen LogP contribution in [0, 0.1) is 5.92 Å². The summed E-state index contributed by atoms with van der Waals surface area (Å²) in [4.78, 5) is 44.2. The molecule has 4 rings (SSSR count). The number of benzene rings is 1. The van der Waals surface area contributed by atoms with Gasteiger partial charge in [-0.15, -0.1) is 0 Å². The minimum Gasteiger partial charge on any atom is -0.331 e. The monoisotopic (exact) mass is 395 g/mol. The van der Waals surface area contributed by atoms with Gasteiger partial charge in [-0.3, -0.25) is 14.6 Å². The van der Waals surface area contributed by atoms with Crippen molar-refractivity contribution >= 4 is 5.91 Å². The zero-order valence-electron chi connectivity index (χ0n) is 16.8. The number of aromatic nitrogens is 2. The van der Waals surface area contributed by atoms with E-state index in [1.165, 1.54) is 30.2 Å². The normalized spacial score (nSPS) is 19.9. The number of amides is 1. The number of H-pyrrole nitrogens is 2. The van der Waals surface area contributed by atoms with Gasteiger partial charge >= 0.3 is 5.69 Å². The SMILES string of the molecule is O=C(C1CCCCCC1)N(Cc1c[nH]c(=O)[nH]c1=O)[C@@H]1CCCc2ccccc21. The summed E-state index contributed by atoms with van der Waals surface area (Å²) in [7, 11) is 0. The zero-order valence-corrected chi connectivity index (χ0v) is 16.8. The van der Waals surface area contributed by atoms with Crippen LogP contribution in [0.15, 0.2) is 40.1 Å². The Balaban J connectivity index is 1.70. The lowest BCUT2D eigenvalue weighted by atomic mass is 9.85. The number of carbonyl (C=O) groups is 1. The number of rotatable bonds is 4. The van der Waals surface area contributed by atoms with Crippen molar-refractivity contribution in [2.75, 3.05) is 0 Å². The van der Waals surface area contributed by atoms with Crippen molar-refractivity contribution in [3.05, 3.63) is 68.0 Å². The molecule has 1 aromatic heterocycles. The Bertz CT molecular complexity index is 970. The molecule has 6 nitrogen and oxygen atoms in total. The molecule has 1 heterocycles. The van der Waals surface area contributed by atoms with E-state index in [1.807, 2.05) is 17.0 Å². The summed E-state index contributed by atoms with van der Waals surface area (Å²) in [5.41, 5.74) is 1.97. The van der Waals surface area contributed by atoms with Gasteiger partial charge in [0, 0.05) is 12.1 Å². The Morgan fingerprint density at radius 3 is 2.52 bits per heavy atom. The number of aromatic amines is 2. The Kier molecular flexibility index (Phi) is 5.97. The molecule has 0 bridgehead atoms. The van der Waals surface area contributed by atoms with E-state index in [0.717, 1.165) is 44.9 Å². The van der Waals surface area contributed by atoms with E-state index in [4.69, 9.17) is 0 Å². The van der Waals surface area contributed by atoms with Crippen LogP contribution in [0.2, 0.25) is 0 Å². The maximum Gasteiger partial charge on any atom is 0.325 e. The van der Waals surface area contributed by atoms with E-state index in [2.05, 4.69) is 22.1 Å². The van der Waals surface area contributed by atoms with Gasteiger partial charge in [-0.1, -0.05) is 49.9 Å².